The van der Waals surface area contributed by atoms with Gasteiger partial charge in [0.2, 0.25) is 15.9 Å². The largest absolute Gasteiger partial charge is 0.358 e. The lowest BCUT2D eigenvalue weighted by Crippen LogP contribution is -2.26. The van der Waals surface area contributed by atoms with E-state index in [9.17, 15) is 31.2 Å². The van der Waals surface area contributed by atoms with Gasteiger partial charge in [-0.25, -0.2) is 18.5 Å². The summed E-state index contributed by atoms with van der Waals surface area (Å²) >= 11 is 0. The monoisotopic (exact) mass is 655 g/mol. The number of sulfonamides is 1. The first-order chi connectivity index (χ1) is 21.4. The van der Waals surface area contributed by atoms with Crippen LogP contribution >= 0.6 is 0 Å². The number of pyridine rings is 1. The van der Waals surface area contributed by atoms with E-state index >= 15 is 0 Å². The summed E-state index contributed by atoms with van der Waals surface area (Å²) in [6, 6.07) is 13.3. The van der Waals surface area contributed by atoms with Crippen molar-refractivity contribution in [3.8, 4) is 18.2 Å². The number of aromatic nitrogens is 1. The first-order valence-corrected chi connectivity index (χ1v) is 16.8. The number of nitrogens with zero attached hydrogens (tertiary/aromatic N) is 1. The molecule has 1 aromatic heterocycles. The second kappa shape index (κ2) is 16.3. The number of rotatable bonds is 16. The molecule has 5 N–H and O–H groups in total. The molecule has 238 valence electrons. The Kier molecular flexibility index (Phi) is 12.6. The van der Waals surface area contributed by atoms with Crippen molar-refractivity contribution < 1.29 is 35.4 Å². The number of hydrogen-bond donors (Lipinski definition) is 4. The summed E-state index contributed by atoms with van der Waals surface area (Å²) in [7, 11) is -8.14. The normalized spacial score (nSPS) is 11.2. The zero-order valence-corrected chi connectivity index (χ0v) is 25.8. The summed E-state index contributed by atoms with van der Waals surface area (Å²) in [5.41, 5.74) is 0.642. The maximum absolute atomic E-state index is 12.8. The summed E-state index contributed by atoms with van der Waals surface area (Å²) in [6.45, 7) is 1.11. The van der Waals surface area contributed by atoms with Gasteiger partial charge in [-0.1, -0.05) is 6.07 Å². The summed E-state index contributed by atoms with van der Waals surface area (Å²) in [5, 5.41) is 13.2. The minimum atomic E-state index is -4.31. The fraction of sp³-hybridized carbons (Fsp3) is 0.267. The lowest BCUT2D eigenvalue weighted by Gasteiger charge is -2.09. The second-order valence-electron chi connectivity index (χ2n) is 9.66. The molecule has 0 spiro atoms. The number of terminal acetylenes is 1. The Morgan fingerprint density at radius 1 is 0.733 bits per heavy atom. The van der Waals surface area contributed by atoms with Crippen molar-refractivity contribution in [3.05, 3.63) is 83.6 Å². The Morgan fingerprint density at radius 2 is 1.31 bits per heavy atom. The third-order valence-electron chi connectivity index (χ3n) is 6.23. The highest BCUT2D eigenvalue weighted by Crippen LogP contribution is 2.18. The number of hydrogen-bond acceptors (Lipinski definition) is 9. The highest BCUT2D eigenvalue weighted by molar-refractivity contribution is 7.89. The van der Waals surface area contributed by atoms with Crippen LogP contribution in [0.25, 0.3) is 0 Å². The summed E-state index contributed by atoms with van der Waals surface area (Å²) in [6.07, 6.45) is 9.48. The smallest absolute Gasteiger partial charge is 0.340 e. The molecular formula is C30H33N5O8S2. The number of carbonyl (C=O) groups is 3. The van der Waals surface area contributed by atoms with Crippen LogP contribution in [0.5, 0.6) is 5.88 Å². The van der Waals surface area contributed by atoms with Crippen LogP contribution in [0, 0.1) is 12.3 Å². The maximum Gasteiger partial charge on any atom is 0.340 e. The van der Waals surface area contributed by atoms with Crippen molar-refractivity contribution in [1.29, 1.82) is 0 Å². The highest BCUT2D eigenvalue weighted by atomic mass is 32.2. The van der Waals surface area contributed by atoms with Crippen LogP contribution in [0.4, 0.5) is 0 Å². The van der Waals surface area contributed by atoms with Crippen LogP contribution in [0.1, 0.15) is 63.2 Å². The van der Waals surface area contributed by atoms with E-state index in [1.165, 1.54) is 66.9 Å². The molecule has 0 unspecified atom stereocenters. The Hall–Kier alpha value is -4.78. The van der Waals surface area contributed by atoms with Crippen LogP contribution in [0.2, 0.25) is 0 Å². The SMILES string of the molecule is C#CCCCNC(=O)c1cccc(S(=O)(=O)Oc2ccc(C(=O)NCCCCCNC(=O)c3ccc(S(N)(=O)=O)cc3)cn2)c1. The van der Waals surface area contributed by atoms with Crippen molar-refractivity contribution in [2.24, 2.45) is 5.14 Å². The third-order valence-corrected chi connectivity index (χ3v) is 8.38. The Bertz CT molecular complexity index is 1750. The molecule has 45 heavy (non-hydrogen) atoms. The minimum Gasteiger partial charge on any atom is -0.358 e. The molecule has 0 atom stereocenters. The van der Waals surface area contributed by atoms with Gasteiger partial charge in [0.1, 0.15) is 4.90 Å². The van der Waals surface area contributed by atoms with E-state index in [4.69, 9.17) is 15.7 Å². The molecule has 1 heterocycles. The molecule has 15 heteroatoms. The lowest BCUT2D eigenvalue weighted by atomic mass is 10.2. The molecule has 0 bridgehead atoms. The van der Waals surface area contributed by atoms with Crippen molar-refractivity contribution >= 4 is 37.9 Å². The Morgan fingerprint density at radius 3 is 1.89 bits per heavy atom. The van der Waals surface area contributed by atoms with E-state index in [1.54, 1.807) is 0 Å². The van der Waals surface area contributed by atoms with E-state index in [0.717, 1.165) is 0 Å². The van der Waals surface area contributed by atoms with E-state index in [2.05, 4.69) is 26.9 Å². The number of primary sulfonamides is 1. The van der Waals surface area contributed by atoms with Gasteiger partial charge >= 0.3 is 10.1 Å². The molecule has 3 aromatic rings. The predicted octanol–water partition coefficient (Wildman–Crippen LogP) is 1.97. The molecule has 0 radical (unpaired) electrons. The minimum absolute atomic E-state index is 0.0806. The fourth-order valence-corrected chi connectivity index (χ4v) is 5.29. The van der Waals surface area contributed by atoms with Crippen LogP contribution in [0.3, 0.4) is 0 Å². The molecule has 0 aliphatic carbocycles. The number of carbonyl (C=O) groups excluding carboxylic acids is 3. The van der Waals surface area contributed by atoms with Crippen molar-refractivity contribution in [3.63, 3.8) is 0 Å². The topological polar surface area (TPSA) is 204 Å². The summed E-state index contributed by atoms with van der Waals surface area (Å²) in [4.78, 5) is 40.5. The number of unbranched alkanes of at least 4 members (excludes halogenated alkanes) is 3. The number of nitrogens with one attached hydrogen (secondary N) is 3. The Balaban J connectivity index is 1.39. The molecule has 0 saturated carbocycles. The van der Waals surface area contributed by atoms with Crippen LogP contribution in [-0.2, 0) is 20.1 Å². The average Bonchev–Trinajstić information content (AvgIpc) is 3.02. The maximum atomic E-state index is 12.8. The molecule has 0 aliphatic heterocycles. The van der Waals surface area contributed by atoms with Crippen molar-refractivity contribution in [2.75, 3.05) is 19.6 Å². The van der Waals surface area contributed by atoms with E-state index in [0.29, 0.717) is 57.3 Å². The van der Waals surface area contributed by atoms with E-state index in [-0.39, 0.29) is 32.7 Å². The quantitative estimate of drug-likeness (QED) is 0.101. The number of benzene rings is 2. The highest BCUT2D eigenvalue weighted by Gasteiger charge is 2.20. The Labute approximate surface area is 262 Å². The van der Waals surface area contributed by atoms with Gasteiger partial charge in [-0.2, -0.15) is 8.42 Å². The first kappa shape index (κ1) is 34.7. The van der Waals surface area contributed by atoms with Gasteiger partial charge < -0.3 is 20.1 Å². The average molecular weight is 656 g/mol. The van der Waals surface area contributed by atoms with Crippen LogP contribution < -0.4 is 25.3 Å². The van der Waals surface area contributed by atoms with E-state index in [1.807, 2.05) is 0 Å². The van der Waals surface area contributed by atoms with Gasteiger partial charge in [-0.15, -0.1) is 12.3 Å². The first-order valence-electron chi connectivity index (χ1n) is 13.8. The van der Waals surface area contributed by atoms with E-state index < -0.39 is 32.0 Å². The van der Waals surface area contributed by atoms with Gasteiger partial charge in [0.15, 0.2) is 0 Å². The van der Waals surface area contributed by atoms with Crippen LogP contribution in [-0.4, -0.2) is 59.2 Å². The summed E-state index contributed by atoms with van der Waals surface area (Å²) in [5.74, 6) is 1.02. The van der Waals surface area contributed by atoms with Gasteiger partial charge in [-0.3, -0.25) is 14.4 Å². The fourth-order valence-electron chi connectivity index (χ4n) is 3.84. The third kappa shape index (κ3) is 11.0. The molecule has 13 nitrogen and oxygen atoms in total. The van der Waals surface area contributed by atoms with Gasteiger partial charge in [0.25, 0.3) is 17.7 Å². The molecule has 0 aliphatic rings. The second-order valence-corrected chi connectivity index (χ2v) is 12.8. The molecule has 2 aromatic carbocycles. The molecule has 3 rings (SSSR count). The van der Waals surface area contributed by atoms with Gasteiger partial charge in [0, 0.05) is 49.4 Å². The molecule has 0 saturated heterocycles. The zero-order chi connectivity index (χ0) is 32.9. The summed E-state index contributed by atoms with van der Waals surface area (Å²) < 4.78 is 53.2. The lowest BCUT2D eigenvalue weighted by molar-refractivity contribution is 0.0943. The predicted molar refractivity (Wildman–Crippen MR) is 165 cm³/mol. The number of nitrogens with two attached hydrogens (primary N) is 1. The standard InChI is InChI=1S/C30H33N5O8S2/c1-2-3-5-17-33-29(37)23-9-8-10-26(20-23)45(41,42)43-27-16-13-24(21-35-27)30(38)34-19-7-4-6-18-32-28(36)22-11-14-25(15-12-22)44(31,39)40/h1,8-16,20-21H,3-7,17-19H2,(H,32,36)(H,33,37)(H,34,38)(H2,31,39,40). The number of amides is 3. The van der Waals surface area contributed by atoms with Crippen molar-refractivity contribution in [1.82, 2.24) is 20.9 Å². The molecule has 0 fully saturated rings. The van der Waals surface area contributed by atoms with Crippen molar-refractivity contribution in [2.45, 2.75) is 41.9 Å². The zero-order valence-electron chi connectivity index (χ0n) is 24.2. The van der Waals surface area contributed by atoms with Gasteiger partial charge in [0.05, 0.1) is 10.5 Å². The van der Waals surface area contributed by atoms with Crippen LogP contribution in [0.15, 0.2) is 76.7 Å². The van der Waals surface area contributed by atoms with Gasteiger partial charge in [-0.05, 0) is 74.2 Å². The molecule has 3 amide bonds. The molecular weight excluding hydrogens is 622 g/mol.